The second-order valence-corrected chi connectivity index (χ2v) is 7.31. The van der Waals surface area contributed by atoms with E-state index in [4.69, 9.17) is 10.5 Å². The zero-order valence-corrected chi connectivity index (χ0v) is 16.7. The predicted molar refractivity (Wildman–Crippen MR) is 115 cm³/mol. The third-order valence-electron chi connectivity index (χ3n) is 5.08. The number of hydrogen-bond donors (Lipinski definition) is 1. The standard InChI is InChI=1S/C23H25N5O2/c24-23(29)21-15-27(17-25-21)14-20(30-16-18-7-2-1-3-8-18)10-6-12-28-22-11-5-4-9-19(22)13-26-28/h1-5,7-9,11,13,15,17,20H,6,10,12,14,16H2,(H2,24,29). The van der Waals surface area contributed by atoms with Crippen LogP contribution in [0.15, 0.2) is 73.3 Å². The Morgan fingerprint density at radius 2 is 1.90 bits per heavy atom. The first kappa shape index (κ1) is 19.8. The van der Waals surface area contributed by atoms with Crippen molar-refractivity contribution in [3.05, 3.63) is 84.6 Å². The maximum Gasteiger partial charge on any atom is 0.268 e. The van der Waals surface area contributed by atoms with E-state index in [1.54, 1.807) is 12.5 Å². The van der Waals surface area contributed by atoms with E-state index >= 15 is 0 Å². The molecule has 1 atom stereocenters. The Morgan fingerprint density at radius 3 is 2.70 bits per heavy atom. The number of aromatic nitrogens is 4. The monoisotopic (exact) mass is 403 g/mol. The zero-order valence-electron chi connectivity index (χ0n) is 16.7. The maximum absolute atomic E-state index is 11.3. The Kier molecular flexibility index (Phi) is 6.20. The fourth-order valence-electron chi connectivity index (χ4n) is 3.51. The largest absolute Gasteiger partial charge is 0.372 e. The molecule has 1 unspecified atom stereocenters. The van der Waals surface area contributed by atoms with Crippen LogP contribution in [0.5, 0.6) is 0 Å². The highest BCUT2D eigenvalue weighted by Crippen LogP contribution is 2.15. The average Bonchev–Trinajstić information content (AvgIpc) is 3.40. The van der Waals surface area contributed by atoms with E-state index in [0.717, 1.165) is 35.9 Å². The molecule has 1 amide bonds. The molecule has 0 radical (unpaired) electrons. The first-order valence-corrected chi connectivity index (χ1v) is 10.1. The molecule has 0 bridgehead atoms. The van der Waals surface area contributed by atoms with Crippen molar-refractivity contribution < 1.29 is 9.53 Å². The molecule has 2 heterocycles. The lowest BCUT2D eigenvalue weighted by atomic mass is 10.1. The highest BCUT2D eigenvalue weighted by molar-refractivity contribution is 5.90. The number of ether oxygens (including phenoxy) is 1. The second-order valence-electron chi connectivity index (χ2n) is 7.31. The Balaban J connectivity index is 1.39. The van der Waals surface area contributed by atoms with Crippen LogP contribution in [0.2, 0.25) is 0 Å². The summed E-state index contributed by atoms with van der Waals surface area (Å²) in [7, 11) is 0. The van der Waals surface area contributed by atoms with Gasteiger partial charge in [-0.1, -0.05) is 48.5 Å². The molecule has 7 nitrogen and oxygen atoms in total. The van der Waals surface area contributed by atoms with E-state index in [0.29, 0.717) is 13.2 Å². The van der Waals surface area contributed by atoms with Crippen LogP contribution in [0.1, 0.15) is 28.9 Å². The number of carbonyl (C=O) groups is 1. The normalized spacial score (nSPS) is 12.3. The number of rotatable bonds is 10. The van der Waals surface area contributed by atoms with E-state index < -0.39 is 5.91 Å². The summed E-state index contributed by atoms with van der Waals surface area (Å²) in [5.74, 6) is -0.527. The van der Waals surface area contributed by atoms with Gasteiger partial charge in [0.15, 0.2) is 0 Å². The fraction of sp³-hybridized carbons (Fsp3) is 0.261. The fourth-order valence-corrected chi connectivity index (χ4v) is 3.51. The summed E-state index contributed by atoms with van der Waals surface area (Å²) in [6.45, 7) is 1.95. The summed E-state index contributed by atoms with van der Waals surface area (Å²) in [4.78, 5) is 15.4. The number of imidazole rings is 1. The SMILES string of the molecule is NC(=O)c1cn(CC(CCCn2ncc3ccccc32)OCc2ccccc2)cn1. The number of carbonyl (C=O) groups excluding carboxylic acids is 1. The molecule has 0 spiro atoms. The van der Waals surface area contributed by atoms with Gasteiger partial charge >= 0.3 is 0 Å². The van der Waals surface area contributed by atoms with Crippen molar-refractivity contribution in [1.29, 1.82) is 0 Å². The summed E-state index contributed by atoms with van der Waals surface area (Å²) in [5.41, 5.74) is 7.85. The number of nitrogens with two attached hydrogens (primary N) is 1. The van der Waals surface area contributed by atoms with Crippen molar-refractivity contribution >= 4 is 16.8 Å². The van der Waals surface area contributed by atoms with Crippen molar-refractivity contribution in [2.45, 2.75) is 38.6 Å². The van der Waals surface area contributed by atoms with Crippen molar-refractivity contribution in [2.24, 2.45) is 5.73 Å². The topological polar surface area (TPSA) is 88.0 Å². The third kappa shape index (κ3) is 4.93. The van der Waals surface area contributed by atoms with Gasteiger partial charge in [-0.15, -0.1) is 0 Å². The predicted octanol–water partition coefficient (Wildman–Crippen LogP) is 3.40. The Labute approximate surface area is 175 Å². The molecule has 0 aliphatic heterocycles. The molecule has 2 N–H and O–H groups in total. The van der Waals surface area contributed by atoms with Crippen LogP contribution in [0, 0.1) is 0 Å². The van der Waals surface area contributed by atoms with Crippen LogP contribution in [0.4, 0.5) is 0 Å². The lowest BCUT2D eigenvalue weighted by molar-refractivity contribution is 0.0217. The van der Waals surface area contributed by atoms with Gasteiger partial charge in [0.2, 0.25) is 0 Å². The molecule has 0 fully saturated rings. The third-order valence-corrected chi connectivity index (χ3v) is 5.08. The van der Waals surface area contributed by atoms with Gasteiger partial charge in [-0.3, -0.25) is 9.48 Å². The average molecular weight is 403 g/mol. The van der Waals surface area contributed by atoms with Gasteiger partial charge in [0.1, 0.15) is 5.69 Å². The van der Waals surface area contributed by atoms with Gasteiger partial charge in [-0.2, -0.15) is 5.10 Å². The Hall–Kier alpha value is -3.45. The summed E-state index contributed by atoms with van der Waals surface area (Å²) in [6.07, 6.45) is 6.94. The molecular weight excluding hydrogens is 378 g/mol. The van der Waals surface area contributed by atoms with Crippen LogP contribution < -0.4 is 5.73 Å². The number of aryl methyl sites for hydroxylation is 1. The van der Waals surface area contributed by atoms with Crippen LogP contribution in [-0.2, 0) is 24.4 Å². The highest BCUT2D eigenvalue weighted by Gasteiger charge is 2.13. The van der Waals surface area contributed by atoms with Gasteiger partial charge in [-0.25, -0.2) is 4.98 Å². The summed E-state index contributed by atoms with van der Waals surface area (Å²) < 4.78 is 10.1. The van der Waals surface area contributed by atoms with Gasteiger partial charge in [0.25, 0.3) is 5.91 Å². The second kappa shape index (κ2) is 9.37. The minimum absolute atomic E-state index is 0.0260. The first-order chi connectivity index (χ1) is 14.7. The van der Waals surface area contributed by atoms with Gasteiger partial charge in [-0.05, 0) is 24.5 Å². The van der Waals surface area contributed by atoms with E-state index in [1.807, 2.05) is 45.8 Å². The number of hydrogen-bond acceptors (Lipinski definition) is 4. The Bertz CT molecular complexity index is 1100. The molecule has 4 rings (SSSR count). The Morgan fingerprint density at radius 1 is 1.10 bits per heavy atom. The smallest absolute Gasteiger partial charge is 0.268 e. The minimum Gasteiger partial charge on any atom is -0.372 e. The van der Waals surface area contributed by atoms with E-state index in [1.165, 1.54) is 0 Å². The molecule has 2 aromatic carbocycles. The van der Waals surface area contributed by atoms with Crippen LogP contribution in [0.25, 0.3) is 10.9 Å². The minimum atomic E-state index is -0.527. The highest BCUT2D eigenvalue weighted by atomic mass is 16.5. The number of primary amides is 1. The first-order valence-electron chi connectivity index (χ1n) is 10.1. The lowest BCUT2D eigenvalue weighted by Gasteiger charge is -2.19. The number of benzene rings is 2. The van der Waals surface area contributed by atoms with Crippen molar-refractivity contribution in [3.63, 3.8) is 0 Å². The van der Waals surface area contributed by atoms with Crippen LogP contribution >= 0.6 is 0 Å². The van der Waals surface area contributed by atoms with E-state index in [9.17, 15) is 4.79 Å². The molecule has 0 aliphatic rings. The van der Waals surface area contributed by atoms with Gasteiger partial charge in [0.05, 0.1) is 30.8 Å². The molecule has 0 saturated carbocycles. The molecule has 0 saturated heterocycles. The van der Waals surface area contributed by atoms with E-state index in [-0.39, 0.29) is 11.8 Å². The number of para-hydroxylation sites is 1. The maximum atomic E-state index is 11.3. The number of nitrogens with zero attached hydrogens (tertiary/aromatic N) is 4. The summed E-state index contributed by atoms with van der Waals surface area (Å²) in [6, 6.07) is 18.3. The summed E-state index contributed by atoms with van der Waals surface area (Å²) >= 11 is 0. The molecule has 2 aromatic heterocycles. The van der Waals surface area contributed by atoms with Crippen LogP contribution in [0.3, 0.4) is 0 Å². The van der Waals surface area contributed by atoms with Gasteiger partial charge in [0, 0.05) is 24.7 Å². The van der Waals surface area contributed by atoms with Crippen molar-refractivity contribution in [3.8, 4) is 0 Å². The number of fused-ring (bicyclic) bond motifs is 1. The number of amides is 1. The molecule has 30 heavy (non-hydrogen) atoms. The lowest BCUT2D eigenvalue weighted by Crippen LogP contribution is -2.20. The zero-order chi connectivity index (χ0) is 20.8. The quantitative estimate of drug-likeness (QED) is 0.440. The van der Waals surface area contributed by atoms with Crippen LogP contribution in [-0.4, -0.2) is 31.3 Å². The molecule has 7 heteroatoms. The molecular formula is C23H25N5O2. The van der Waals surface area contributed by atoms with Crippen molar-refractivity contribution in [2.75, 3.05) is 0 Å². The van der Waals surface area contributed by atoms with Gasteiger partial charge < -0.3 is 15.0 Å². The summed E-state index contributed by atoms with van der Waals surface area (Å²) in [5, 5.41) is 5.65. The molecule has 4 aromatic rings. The molecule has 0 aliphatic carbocycles. The van der Waals surface area contributed by atoms with E-state index in [2.05, 4.69) is 34.3 Å². The molecule has 154 valence electrons. The van der Waals surface area contributed by atoms with Crippen molar-refractivity contribution in [1.82, 2.24) is 19.3 Å².